The van der Waals surface area contributed by atoms with Crippen molar-refractivity contribution < 1.29 is 0 Å². The van der Waals surface area contributed by atoms with E-state index in [4.69, 9.17) is 11.6 Å². The summed E-state index contributed by atoms with van der Waals surface area (Å²) in [6.07, 6.45) is 0. The zero-order chi connectivity index (χ0) is 14.3. The summed E-state index contributed by atoms with van der Waals surface area (Å²) in [6.45, 7) is 6.43. The predicted octanol–water partition coefficient (Wildman–Crippen LogP) is 4.53. The van der Waals surface area contributed by atoms with Gasteiger partial charge in [0.25, 0.3) is 0 Å². The number of aryl methyl sites for hydroxylation is 2. The number of benzene rings is 2. The Morgan fingerprint density at radius 1 is 1.05 bits per heavy atom. The van der Waals surface area contributed by atoms with Gasteiger partial charge in [-0.15, -0.1) is 0 Å². The van der Waals surface area contributed by atoms with E-state index < -0.39 is 0 Å². The van der Waals surface area contributed by atoms with E-state index >= 15 is 0 Å². The van der Waals surface area contributed by atoms with Gasteiger partial charge in [0.15, 0.2) is 0 Å². The van der Waals surface area contributed by atoms with Crippen molar-refractivity contribution in [1.29, 1.82) is 0 Å². The van der Waals surface area contributed by atoms with Crippen LogP contribution in [0.1, 0.15) is 33.7 Å². The van der Waals surface area contributed by atoms with Crippen molar-refractivity contribution in [3.8, 4) is 0 Å². The minimum atomic E-state index is 0.419. The Morgan fingerprint density at radius 3 is 2.55 bits per heavy atom. The average Bonchev–Trinajstić information content (AvgIpc) is 2.40. The Balaban J connectivity index is 2.18. The van der Waals surface area contributed by atoms with E-state index in [1.807, 2.05) is 0 Å². The molecule has 0 N–H and O–H groups in total. The molecule has 0 spiro atoms. The summed E-state index contributed by atoms with van der Waals surface area (Å²) in [5, 5.41) is 0.851. The summed E-state index contributed by atoms with van der Waals surface area (Å²) in [4.78, 5) is 2.40. The molecule has 20 heavy (non-hydrogen) atoms. The van der Waals surface area contributed by atoms with E-state index in [0.29, 0.717) is 5.92 Å². The monoisotopic (exact) mass is 285 g/mol. The summed E-state index contributed by atoms with van der Waals surface area (Å²) < 4.78 is 0. The van der Waals surface area contributed by atoms with Crippen molar-refractivity contribution in [2.45, 2.75) is 26.3 Å². The van der Waals surface area contributed by atoms with Gasteiger partial charge in [0, 0.05) is 24.0 Å². The topological polar surface area (TPSA) is 3.24 Å². The van der Waals surface area contributed by atoms with Crippen LogP contribution in [0.15, 0.2) is 36.4 Å². The van der Waals surface area contributed by atoms with E-state index in [-0.39, 0.29) is 0 Å². The highest BCUT2D eigenvalue weighted by Crippen LogP contribution is 2.37. The molecule has 3 rings (SSSR count). The highest BCUT2D eigenvalue weighted by molar-refractivity contribution is 6.30. The van der Waals surface area contributed by atoms with Crippen LogP contribution in [0, 0.1) is 13.8 Å². The molecule has 0 amide bonds. The second kappa shape index (κ2) is 5.23. The lowest BCUT2D eigenvalue weighted by atomic mass is 9.81. The molecule has 0 aromatic heterocycles. The quantitative estimate of drug-likeness (QED) is 0.744. The van der Waals surface area contributed by atoms with Crippen molar-refractivity contribution in [3.05, 3.63) is 69.2 Å². The maximum absolute atomic E-state index is 6.30. The third-order valence-electron chi connectivity index (χ3n) is 4.33. The number of hydrogen-bond donors (Lipinski definition) is 0. The molecule has 2 aromatic rings. The van der Waals surface area contributed by atoms with Crippen molar-refractivity contribution in [3.63, 3.8) is 0 Å². The van der Waals surface area contributed by atoms with Crippen LogP contribution >= 0.6 is 11.6 Å². The van der Waals surface area contributed by atoms with E-state index in [1.54, 1.807) is 0 Å². The molecule has 1 aliphatic heterocycles. The summed E-state index contributed by atoms with van der Waals surface area (Å²) in [7, 11) is 2.20. The minimum Gasteiger partial charge on any atom is -0.301 e. The molecule has 0 aliphatic carbocycles. The molecule has 0 saturated heterocycles. The molecule has 0 radical (unpaired) electrons. The number of halogens is 1. The Hall–Kier alpha value is -1.31. The fraction of sp³-hybridized carbons (Fsp3) is 0.333. The van der Waals surface area contributed by atoms with E-state index in [2.05, 4.69) is 62.2 Å². The smallest absolute Gasteiger partial charge is 0.0411 e. The molecule has 0 fully saturated rings. The number of hydrogen-bond acceptors (Lipinski definition) is 1. The van der Waals surface area contributed by atoms with Crippen LogP contribution in [0.3, 0.4) is 0 Å². The molecule has 1 heterocycles. The first-order valence-electron chi connectivity index (χ1n) is 7.09. The molecule has 0 saturated carbocycles. The van der Waals surface area contributed by atoms with Crippen LogP contribution < -0.4 is 0 Å². The van der Waals surface area contributed by atoms with Gasteiger partial charge in [-0.05, 0) is 60.8 Å². The fourth-order valence-electron chi connectivity index (χ4n) is 3.31. The van der Waals surface area contributed by atoms with E-state index in [0.717, 1.165) is 18.1 Å². The maximum atomic E-state index is 6.30. The second-order valence-electron chi connectivity index (χ2n) is 5.90. The molecule has 104 valence electrons. The molecule has 0 bridgehead atoms. The first kappa shape index (κ1) is 13.7. The van der Waals surface area contributed by atoms with Crippen LogP contribution in [-0.2, 0) is 6.54 Å². The highest BCUT2D eigenvalue weighted by Gasteiger charge is 2.27. The SMILES string of the molecule is Cc1ccccc1C1CN(C)Cc2c(C)cc(Cl)cc21. The Labute approximate surface area is 126 Å². The van der Waals surface area contributed by atoms with Gasteiger partial charge in [-0.3, -0.25) is 0 Å². The lowest BCUT2D eigenvalue weighted by molar-refractivity contribution is 0.294. The summed E-state index contributed by atoms with van der Waals surface area (Å²) >= 11 is 6.30. The van der Waals surface area contributed by atoms with Crippen molar-refractivity contribution in [2.75, 3.05) is 13.6 Å². The zero-order valence-corrected chi connectivity index (χ0v) is 13.0. The molecular weight excluding hydrogens is 266 g/mol. The summed E-state index contributed by atoms with van der Waals surface area (Å²) in [5.41, 5.74) is 6.93. The zero-order valence-electron chi connectivity index (χ0n) is 12.3. The molecule has 1 unspecified atom stereocenters. The van der Waals surface area contributed by atoms with Crippen LogP contribution in [-0.4, -0.2) is 18.5 Å². The molecule has 1 aliphatic rings. The van der Waals surface area contributed by atoms with Gasteiger partial charge in [0.2, 0.25) is 0 Å². The van der Waals surface area contributed by atoms with Gasteiger partial charge >= 0.3 is 0 Å². The Kier molecular flexibility index (Phi) is 3.57. The third-order valence-corrected chi connectivity index (χ3v) is 4.55. The fourth-order valence-corrected chi connectivity index (χ4v) is 3.60. The number of rotatable bonds is 1. The van der Waals surface area contributed by atoms with Gasteiger partial charge in [-0.1, -0.05) is 35.9 Å². The van der Waals surface area contributed by atoms with Gasteiger partial charge < -0.3 is 4.90 Å². The first-order valence-corrected chi connectivity index (χ1v) is 7.47. The summed E-state index contributed by atoms with van der Waals surface area (Å²) in [5.74, 6) is 0.419. The van der Waals surface area contributed by atoms with Gasteiger partial charge in [0.05, 0.1) is 0 Å². The first-order chi connectivity index (χ1) is 9.56. The van der Waals surface area contributed by atoms with Crippen LogP contribution in [0.5, 0.6) is 0 Å². The van der Waals surface area contributed by atoms with Gasteiger partial charge in [-0.2, -0.15) is 0 Å². The van der Waals surface area contributed by atoms with E-state index in [1.165, 1.54) is 27.8 Å². The summed E-state index contributed by atoms with van der Waals surface area (Å²) in [6, 6.07) is 12.9. The lowest BCUT2D eigenvalue weighted by Gasteiger charge is -2.34. The van der Waals surface area contributed by atoms with Gasteiger partial charge in [-0.25, -0.2) is 0 Å². The normalized spacial score (nSPS) is 18.9. The van der Waals surface area contributed by atoms with Crippen molar-refractivity contribution in [2.24, 2.45) is 0 Å². The minimum absolute atomic E-state index is 0.419. The molecule has 2 aromatic carbocycles. The number of nitrogens with zero attached hydrogens (tertiary/aromatic N) is 1. The second-order valence-corrected chi connectivity index (χ2v) is 6.33. The highest BCUT2D eigenvalue weighted by atomic mass is 35.5. The molecular formula is C18H20ClN. The molecule has 1 atom stereocenters. The van der Waals surface area contributed by atoms with E-state index in [9.17, 15) is 0 Å². The van der Waals surface area contributed by atoms with Crippen molar-refractivity contribution >= 4 is 11.6 Å². The number of fused-ring (bicyclic) bond motifs is 1. The predicted molar refractivity (Wildman–Crippen MR) is 85.5 cm³/mol. The van der Waals surface area contributed by atoms with Crippen LogP contribution in [0.25, 0.3) is 0 Å². The maximum Gasteiger partial charge on any atom is 0.0411 e. The molecule has 2 heteroatoms. The standard InChI is InChI=1S/C18H20ClN/c1-12-6-4-5-7-15(12)18-11-20(3)10-17-13(2)8-14(19)9-16(17)18/h4-9,18H,10-11H2,1-3H3. The van der Waals surface area contributed by atoms with Crippen LogP contribution in [0.4, 0.5) is 0 Å². The average molecular weight is 286 g/mol. The molecule has 1 nitrogen and oxygen atoms in total. The van der Waals surface area contributed by atoms with Crippen LogP contribution in [0.2, 0.25) is 5.02 Å². The van der Waals surface area contributed by atoms with Crippen molar-refractivity contribution in [1.82, 2.24) is 4.90 Å². The third kappa shape index (κ3) is 2.36. The van der Waals surface area contributed by atoms with Gasteiger partial charge in [0.1, 0.15) is 0 Å². The Bertz CT molecular complexity index is 648. The number of likely N-dealkylation sites (N-methyl/N-ethyl adjacent to an activating group) is 1. The Morgan fingerprint density at radius 2 is 1.80 bits per heavy atom. The lowest BCUT2D eigenvalue weighted by Crippen LogP contribution is -2.31. The largest absolute Gasteiger partial charge is 0.301 e.